The second-order valence-electron chi connectivity index (χ2n) is 8.10. The smallest absolute Gasteiger partial charge is 0.270 e. The van der Waals surface area contributed by atoms with E-state index in [0.29, 0.717) is 5.56 Å². The van der Waals surface area contributed by atoms with Crippen LogP contribution in [0.15, 0.2) is 54.6 Å². The molecule has 35 heavy (non-hydrogen) atoms. The van der Waals surface area contributed by atoms with Gasteiger partial charge in [0.05, 0.1) is 38.7 Å². The van der Waals surface area contributed by atoms with E-state index >= 15 is 0 Å². The molecule has 1 atom stereocenters. The van der Waals surface area contributed by atoms with Gasteiger partial charge in [-0.25, -0.2) is 4.39 Å². The van der Waals surface area contributed by atoms with Crippen LogP contribution in [0.3, 0.4) is 0 Å². The number of nitrogens with zero attached hydrogens (tertiary/aromatic N) is 1. The van der Waals surface area contributed by atoms with Crippen molar-refractivity contribution in [2.24, 2.45) is 0 Å². The lowest BCUT2D eigenvalue weighted by atomic mass is 9.91. The summed E-state index contributed by atoms with van der Waals surface area (Å²) in [5.41, 5.74) is 0.755. The highest BCUT2D eigenvalue weighted by molar-refractivity contribution is 6.48. The number of benzene rings is 3. The molecule has 1 aliphatic heterocycles. The zero-order valence-electron chi connectivity index (χ0n) is 17.8. The number of aryl methyl sites for hydroxylation is 1. The highest BCUT2D eigenvalue weighted by Crippen LogP contribution is 2.42. The molecule has 1 aliphatic rings. The van der Waals surface area contributed by atoms with Crippen molar-refractivity contribution < 1.29 is 27.2 Å². The number of alkyl halides is 3. The van der Waals surface area contributed by atoms with E-state index in [2.05, 4.69) is 0 Å². The van der Waals surface area contributed by atoms with Gasteiger partial charge in [-0.1, -0.05) is 59.1 Å². The molecule has 3 aromatic rings. The fourth-order valence-electron chi connectivity index (χ4n) is 4.03. The Labute approximate surface area is 213 Å². The lowest BCUT2D eigenvalue weighted by molar-refractivity contribution is -0.151. The molecule has 1 heterocycles. The van der Waals surface area contributed by atoms with Crippen molar-refractivity contribution in [2.45, 2.75) is 31.5 Å². The van der Waals surface area contributed by atoms with Crippen LogP contribution in [0.5, 0.6) is 0 Å². The number of rotatable bonds is 6. The summed E-state index contributed by atoms with van der Waals surface area (Å²) < 4.78 is 56.1. The number of hydrogen-bond donors (Lipinski definition) is 0. The van der Waals surface area contributed by atoms with Crippen LogP contribution < -0.4 is 0 Å². The van der Waals surface area contributed by atoms with Gasteiger partial charge in [-0.15, -0.1) is 0 Å². The molecule has 0 saturated carbocycles. The molecule has 3 nitrogen and oxygen atoms in total. The van der Waals surface area contributed by atoms with Crippen LogP contribution in [-0.2, 0) is 13.0 Å². The predicted molar refractivity (Wildman–Crippen MR) is 126 cm³/mol. The van der Waals surface area contributed by atoms with Crippen LogP contribution in [-0.4, -0.2) is 22.9 Å². The van der Waals surface area contributed by atoms with E-state index in [1.807, 2.05) is 0 Å². The Morgan fingerprint density at radius 2 is 1.43 bits per heavy atom. The molecule has 10 heteroatoms. The molecule has 0 aliphatic carbocycles. The van der Waals surface area contributed by atoms with Crippen molar-refractivity contribution in [2.75, 3.05) is 0 Å². The molecule has 1 unspecified atom stereocenters. The van der Waals surface area contributed by atoms with Crippen LogP contribution in [0.2, 0.25) is 15.1 Å². The monoisotopic (exact) mass is 543 g/mol. The minimum atomic E-state index is -4.59. The first kappa shape index (κ1) is 25.5. The summed E-state index contributed by atoms with van der Waals surface area (Å²) in [6.07, 6.45) is -5.06. The molecular weight excluding hydrogens is 529 g/mol. The quantitative estimate of drug-likeness (QED) is 0.180. The predicted octanol–water partition coefficient (Wildman–Crippen LogP) is 7.86. The first-order valence-electron chi connectivity index (χ1n) is 10.4. The topological polar surface area (TPSA) is 37.4 Å². The Bertz CT molecular complexity index is 1270. The molecule has 0 fully saturated rings. The van der Waals surface area contributed by atoms with E-state index in [9.17, 15) is 27.2 Å². The van der Waals surface area contributed by atoms with E-state index in [0.717, 1.165) is 23.1 Å². The van der Waals surface area contributed by atoms with Crippen LogP contribution in [0, 0.1) is 5.82 Å². The van der Waals surface area contributed by atoms with E-state index < -0.39 is 29.7 Å². The number of imide groups is 1. The normalized spacial score (nSPS) is 14.4. The van der Waals surface area contributed by atoms with Crippen molar-refractivity contribution in [1.82, 2.24) is 4.90 Å². The van der Waals surface area contributed by atoms with Gasteiger partial charge in [0.2, 0.25) is 0 Å². The van der Waals surface area contributed by atoms with Gasteiger partial charge in [-0.05, 0) is 54.3 Å². The Morgan fingerprint density at radius 3 is 1.94 bits per heavy atom. The highest BCUT2D eigenvalue weighted by atomic mass is 35.5. The molecule has 2 amide bonds. The lowest BCUT2D eigenvalue weighted by Gasteiger charge is -2.22. The lowest BCUT2D eigenvalue weighted by Crippen LogP contribution is -2.29. The minimum Gasteiger partial charge on any atom is -0.270 e. The molecule has 0 bridgehead atoms. The number of hydrogen-bond acceptors (Lipinski definition) is 2. The van der Waals surface area contributed by atoms with Gasteiger partial charge in [0.25, 0.3) is 11.8 Å². The zero-order chi connectivity index (χ0) is 25.5. The van der Waals surface area contributed by atoms with E-state index in [1.54, 1.807) is 12.1 Å². The standard InChI is InChI=1S/C25H16Cl3F4NO2/c26-19-10-15(11-20(27)22(19)28)18(25(30,31)32)8-6-13-5-7-14(21(29)9-13)12-33-23(34)16-3-1-2-4-17(16)24(33)35/h1-5,7,9-11,18H,6,8,12H2. The molecule has 0 aromatic heterocycles. The second kappa shape index (κ2) is 9.80. The van der Waals surface area contributed by atoms with E-state index in [-0.39, 0.29) is 56.7 Å². The average Bonchev–Trinajstić information content (AvgIpc) is 3.03. The maximum absolute atomic E-state index is 14.8. The van der Waals surface area contributed by atoms with Crippen LogP contribution in [0.4, 0.5) is 17.6 Å². The van der Waals surface area contributed by atoms with Gasteiger partial charge in [0.15, 0.2) is 0 Å². The average molecular weight is 545 g/mol. The SMILES string of the molecule is O=C1c2ccccc2C(=O)N1Cc1ccc(CCC(c2cc(Cl)c(Cl)c(Cl)c2)C(F)(F)F)cc1F. The first-order valence-corrected chi connectivity index (χ1v) is 11.5. The van der Waals surface area contributed by atoms with E-state index in [1.165, 1.54) is 24.3 Å². The number of halogens is 7. The van der Waals surface area contributed by atoms with Crippen LogP contribution >= 0.6 is 34.8 Å². The number of carbonyl (C=O) groups excluding carboxylic acids is 2. The molecule has 0 radical (unpaired) electrons. The fourth-order valence-corrected chi connectivity index (χ4v) is 4.65. The number of carbonyl (C=O) groups is 2. The third-order valence-corrected chi connectivity index (χ3v) is 7.05. The Kier molecular flexibility index (Phi) is 7.13. The molecule has 0 spiro atoms. The second-order valence-corrected chi connectivity index (χ2v) is 9.29. The van der Waals surface area contributed by atoms with Crippen molar-refractivity contribution in [3.05, 3.63) is 103 Å². The van der Waals surface area contributed by atoms with E-state index in [4.69, 9.17) is 34.8 Å². The van der Waals surface area contributed by atoms with Gasteiger partial charge in [-0.2, -0.15) is 13.2 Å². The Balaban J connectivity index is 1.50. The fraction of sp³-hybridized carbons (Fsp3) is 0.200. The van der Waals surface area contributed by atoms with Crippen molar-refractivity contribution in [3.8, 4) is 0 Å². The summed E-state index contributed by atoms with van der Waals surface area (Å²) in [4.78, 5) is 26.0. The number of fused-ring (bicyclic) bond motifs is 1. The third-order valence-electron chi connectivity index (χ3n) is 5.85. The van der Waals surface area contributed by atoms with Crippen LogP contribution in [0.1, 0.15) is 49.7 Å². The van der Waals surface area contributed by atoms with Crippen molar-refractivity contribution in [3.63, 3.8) is 0 Å². The molecule has 182 valence electrons. The summed E-state index contributed by atoms with van der Waals surface area (Å²) >= 11 is 17.7. The molecule has 3 aromatic carbocycles. The first-order chi connectivity index (χ1) is 16.5. The molecule has 0 N–H and O–H groups in total. The van der Waals surface area contributed by atoms with Crippen molar-refractivity contribution >= 4 is 46.6 Å². The summed E-state index contributed by atoms with van der Waals surface area (Å²) in [5.74, 6) is -3.67. The largest absolute Gasteiger partial charge is 0.395 e. The van der Waals surface area contributed by atoms with Gasteiger partial charge in [-0.3, -0.25) is 14.5 Å². The summed E-state index contributed by atoms with van der Waals surface area (Å²) in [5, 5.41) is -0.215. The zero-order valence-corrected chi connectivity index (χ0v) is 20.1. The minimum absolute atomic E-state index is 0.0336. The summed E-state index contributed by atoms with van der Waals surface area (Å²) in [6.45, 7) is -0.286. The molecule has 4 rings (SSSR count). The third kappa shape index (κ3) is 5.17. The summed E-state index contributed by atoms with van der Waals surface area (Å²) in [6, 6.07) is 12.5. The van der Waals surface area contributed by atoms with Gasteiger partial charge >= 0.3 is 6.18 Å². The summed E-state index contributed by atoms with van der Waals surface area (Å²) in [7, 11) is 0. The maximum atomic E-state index is 14.8. The Hall–Kier alpha value is -2.61. The van der Waals surface area contributed by atoms with Crippen LogP contribution in [0.25, 0.3) is 0 Å². The highest BCUT2D eigenvalue weighted by Gasteiger charge is 2.41. The molecular formula is C25H16Cl3F4NO2. The number of amides is 2. The Morgan fingerprint density at radius 1 is 0.857 bits per heavy atom. The van der Waals surface area contributed by atoms with Gasteiger partial charge in [0.1, 0.15) is 5.82 Å². The van der Waals surface area contributed by atoms with Gasteiger partial charge < -0.3 is 0 Å². The maximum Gasteiger partial charge on any atom is 0.395 e. The van der Waals surface area contributed by atoms with Gasteiger partial charge in [0, 0.05) is 5.56 Å². The molecule has 0 saturated heterocycles. The van der Waals surface area contributed by atoms with Crippen molar-refractivity contribution in [1.29, 1.82) is 0 Å².